The van der Waals surface area contributed by atoms with Crippen molar-refractivity contribution in [2.45, 2.75) is 90.0 Å². The van der Waals surface area contributed by atoms with Crippen LogP contribution in [0.15, 0.2) is 308 Å². The summed E-state index contributed by atoms with van der Waals surface area (Å²) in [6.07, 6.45) is 0. The van der Waals surface area contributed by atoms with E-state index in [9.17, 15) is 0 Å². The van der Waals surface area contributed by atoms with Crippen molar-refractivity contribution in [1.82, 2.24) is 0 Å². The summed E-state index contributed by atoms with van der Waals surface area (Å²) in [5, 5.41) is 7.53. The molecule has 13 aromatic rings. The van der Waals surface area contributed by atoms with Crippen molar-refractivity contribution >= 4 is 79.2 Å². The maximum absolute atomic E-state index is 6.58. The molecular formula is C86H92N2OSi. The Morgan fingerprint density at radius 1 is 0.244 bits per heavy atom. The van der Waals surface area contributed by atoms with E-state index in [0.29, 0.717) is 0 Å². The first-order valence-electron chi connectivity index (χ1n) is 32.8. The smallest absolute Gasteiger partial charge is 0.179 e. The van der Waals surface area contributed by atoms with E-state index in [0.717, 1.165) is 67.1 Å². The van der Waals surface area contributed by atoms with Gasteiger partial charge in [0.2, 0.25) is 0 Å². The fourth-order valence-corrected chi connectivity index (χ4v) is 16.1. The summed E-state index contributed by atoms with van der Waals surface area (Å²) in [6, 6.07) is 111. The normalized spacial score (nSPS) is 10.3. The Kier molecular flexibility index (Phi) is 25.7. The Morgan fingerprint density at radius 2 is 0.489 bits per heavy atom. The number of hydrogen-bond donors (Lipinski definition) is 0. The minimum atomic E-state index is -2.88. The van der Waals surface area contributed by atoms with Gasteiger partial charge in [-0.25, -0.2) is 0 Å². The highest BCUT2D eigenvalue weighted by atomic mass is 28.3. The van der Waals surface area contributed by atoms with E-state index in [-0.39, 0.29) is 0 Å². The lowest BCUT2D eigenvalue weighted by Crippen LogP contribution is -2.74. The molecule has 0 unspecified atom stereocenters. The van der Waals surface area contributed by atoms with Crippen LogP contribution in [-0.4, -0.2) is 15.1 Å². The predicted molar refractivity (Wildman–Crippen MR) is 401 cm³/mol. The Labute approximate surface area is 540 Å². The molecule has 0 radical (unpaired) electrons. The van der Waals surface area contributed by atoms with Gasteiger partial charge in [-0.2, -0.15) is 0 Å². The van der Waals surface area contributed by atoms with Crippen LogP contribution in [0.2, 0.25) is 0 Å². The Morgan fingerprint density at radius 3 is 0.833 bits per heavy atom. The second-order valence-electron chi connectivity index (χ2n) is 20.2. The van der Waals surface area contributed by atoms with Crippen molar-refractivity contribution < 1.29 is 4.42 Å². The summed E-state index contributed by atoms with van der Waals surface area (Å²) in [5.41, 5.74) is 17.9. The maximum Gasteiger partial charge on any atom is 0.179 e. The molecule has 0 atom stereocenters. The van der Waals surface area contributed by atoms with E-state index in [4.69, 9.17) is 4.42 Å². The van der Waals surface area contributed by atoms with E-state index >= 15 is 0 Å². The lowest BCUT2D eigenvalue weighted by molar-refractivity contribution is 0.669. The van der Waals surface area contributed by atoms with Crippen molar-refractivity contribution in [3.8, 4) is 44.5 Å². The van der Waals surface area contributed by atoms with Crippen LogP contribution >= 0.6 is 0 Å². The summed E-state index contributed by atoms with van der Waals surface area (Å²) in [4.78, 5) is 4.65. The average Bonchev–Trinajstić information content (AvgIpc) is 0.941. The van der Waals surface area contributed by atoms with Gasteiger partial charge in [0.1, 0.15) is 11.2 Å². The molecule has 4 heteroatoms. The van der Waals surface area contributed by atoms with Crippen LogP contribution < -0.4 is 30.5 Å². The molecule has 1 heterocycles. The number of furan rings is 1. The maximum atomic E-state index is 6.58. The summed E-state index contributed by atoms with van der Waals surface area (Å²) in [7, 11) is -0.730. The SMILES string of the molecule is CC.CC.CC.CC.CC.CC.Cc1ccc(-c2ccc3c(c2)oc2cc(-c4ccc(N(c5ccc(-c6ccccc6)cc5)c5ccc([Si](c6ccccc6)(c6ccccc6)c6ccc(N(C)c7ccc(-c8ccccc8)cc7)cc6)cc5)cc4)ccc23)cc1. The number of hydrogen-bond acceptors (Lipinski definition) is 3. The van der Waals surface area contributed by atoms with Crippen LogP contribution in [0.4, 0.5) is 28.4 Å². The van der Waals surface area contributed by atoms with Crippen molar-refractivity contribution in [2.75, 3.05) is 16.8 Å². The van der Waals surface area contributed by atoms with Crippen molar-refractivity contribution in [3.63, 3.8) is 0 Å². The number of fused-ring (bicyclic) bond motifs is 3. The number of benzene rings is 12. The summed E-state index contributed by atoms with van der Waals surface area (Å²) in [6.45, 7) is 26.1. The van der Waals surface area contributed by atoms with Crippen molar-refractivity contribution in [2.24, 2.45) is 0 Å². The van der Waals surface area contributed by atoms with Gasteiger partial charge in [-0.05, 0) is 157 Å². The minimum absolute atomic E-state index is 0.881. The third kappa shape index (κ3) is 15.0. The Bertz CT molecular complexity index is 4110. The van der Waals surface area contributed by atoms with Crippen LogP contribution in [0.3, 0.4) is 0 Å². The van der Waals surface area contributed by atoms with Gasteiger partial charge in [-0.15, -0.1) is 0 Å². The molecule has 0 aliphatic heterocycles. The highest BCUT2D eigenvalue weighted by molar-refractivity contribution is 7.19. The van der Waals surface area contributed by atoms with Crippen molar-refractivity contribution in [3.05, 3.63) is 309 Å². The van der Waals surface area contributed by atoms with E-state index < -0.39 is 8.07 Å². The van der Waals surface area contributed by atoms with E-state index in [1.807, 2.05) is 83.1 Å². The molecule has 1 aromatic heterocycles. The Balaban J connectivity index is 0.000000908. The molecule has 0 saturated carbocycles. The first-order chi connectivity index (χ1) is 44.5. The van der Waals surface area contributed by atoms with Gasteiger partial charge in [-0.3, -0.25) is 0 Å². The van der Waals surface area contributed by atoms with Crippen LogP contribution in [-0.2, 0) is 0 Å². The van der Waals surface area contributed by atoms with Gasteiger partial charge in [-0.1, -0.05) is 307 Å². The summed E-state index contributed by atoms with van der Waals surface area (Å²) >= 11 is 0. The lowest BCUT2D eigenvalue weighted by Gasteiger charge is -2.35. The first-order valence-corrected chi connectivity index (χ1v) is 34.8. The van der Waals surface area contributed by atoms with Gasteiger partial charge < -0.3 is 14.2 Å². The van der Waals surface area contributed by atoms with Gasteiger partial charge >= 0.3 is 0 Å². The van der Waals surface area contributed by atoms with Crippen LogP contribution in [0, 0.1) is 6.92 Å². The molecule has 0 fully saturated rings. The monoisotopic (exact) mass is 1200 g/mol. The van der Waals surface area contributed by atoms with Crippen LogP contribution in [0.1, 0.15) is 88.6 Å². The van der Waals surface area contributed by atoms with Crippen LogP contribution in [0.25, 0.3) is 66.4 Å². The molecule has 0 N–H and O–H groups in total. The molecule has 3 nitrogen and oxygen atoms in total. The summed E-state index contributed by atoms with van der Waals surface area (Å²) < 4.78 is 6.58. The molecule has 0 saturated heterocycles. The zero-order valence-electron chi connectivity index (χ0n) is 55.7. The van der Waals surface area contributed by atoms with Crippen LogP contribution in [0.5, 0.6) is 0 Å². The Hall–Kier alpha value is -9.74. The second kappa shape index (κ2) is 34.1. The molecule has 12 aromatic carbocycles. The zero-order valence-corrected chi connectivity index (χ0v) is 56.7. The molecular weight excluding hydrogens is 1110 g/mol. The summed E-state index contributed by atoms with van der Waals surface area (Å²) in [5.74, 6) is 0. The number of rotatable bonds is 13. The minimum Gasteiger partial charge on any atom is -0.456 e. The molecule has 0 aliphatic carbocycles. The second-order valence-corrected chi connectivity index (χ2v) is 24.0. The first kappa shape index (κ1) is 67.8. The van der Waals surface area contributed by atoms with Gasteiger partial charge in [0.05, 0.1) is 0 Å². The van der Waals surface area contributed by atoms with E-state index in [1.165, 1.54) is 54.1 Å². The molecule has 90 heavy (non-hydrogen) atoms. The van der Waals surface area contributed by atoms with E-state index in [2.05, 4.69) is 327 Å². The zero-order chi connectivity index (χ0) is 64.4. The lowest BCUT2D eigenvalue weighted by atomic mass is 10.0. The molecule has 456 valence electrons. The topological polar surface area (TPSA) is 19.6 Å². The van der Waals surface area contributed by atoms with Gasteiger partial charge in [0, 0.05) is 46.3 Å². The average molecular weight is 1200 g/mol. The van der Waals surface area contributed by atoms with E-state index in [1.54, 1.807) is 0 Å². The third-order valence-corrected chi connectivity index (χ3v) is 20.4. The van der Waals surface area contributed by atoms with Crippen molar-refractivity contribution in [1.29, 1.82) is 0 Å². The number of nitrogens with zero attached hydrogens (tertiary/aromatic N) is 2. The highest BCUT2D eigenvalue weighted by Gasteiger charge is 2.41. The molecule has 0 spiro atoms. The highest BCUT2D eigenvalue weighted by Crippen LogP contribution is 2.39. The molecule has 0 bridgehead atoms. The number of anilines is 5. The van der Waals surface area contributed by atoms with Gasteiger partial charge in [0.15, 0.2) is 8.07 Å². The molecule has 0 amide bonds. The van der Waals surface area contributed by atoms with Gasteiger partial charge in [0.25, 0.3) is 0 Å². The number of aryl methyl sites for hydroxylation is 1. The fraction of sp³-hybridized carbons (Fsp3) is 0.163. The molecule has 0 aliphatic rings. The third-order valence-electron chi connectivity index (χ3n) is 15.6. The fourth-order valence-electron chi connectivity index (χ4n) is 11.4. The predicted octanol–water partition coefficient (Wildman–Crippen LogP) is 23.3. The molecule has 13 rings (SSSR count). The standard InChI is InChI=1S/C74H56N2OSi.6C2H6/c1-53-23-25-58(26-24-53)60-33-49-71-72-50-34-61(52-74(72)77-73(71)51-60)59-31-39-65(40-32-59)76(64-37-29-57(30-38-64)55-17-9-4-10-18-55)66-43-47-70(48-44-66)78(67-19-11-5-12-20-67,68-21-13-6-14-22-68)69-45-41-63(42-46-69)75(2)62-35-27-56(28-36-62)54-15-7-3-8-16-54;6*1-2/h3-52H,1-2H3;6*1-2H3. The largest absolute Gasteiger partial charge is 0.456 e. The quantitative estimate of drug-likeness (QED) is 0.0847.